The van der Waals surface area contributed by atoms with Crippen molar-refractivity contribution >= 4 is 5.71 Å². The number of nitrogens with zero attached hydrogens (tertiary/aromatic N) is 1. The van der Waals surface area contributed by atoms with E-state index in [1.165, 1.54) is 12.1 Å². The van der Waals surface area contributed by atoms with Gasteiger partial charge in [-0.1, -0.05) is 18.2 Å². The smallest absolute Gasteiger partial charge is 0.269 e. The quantitative estimate of drug-likeness (QED) is 0.756. The molecule has 0 saturated heterocycles. The summed E-state index contributed by atoms with van der Waals surface area (Å²) in [6, 6.07) is 6.10. The fourth-order valence-electron chi connectivity index (χ4n) is 2.28. The van der Waals surface area contributed by atoms with Crippen molar-refractivity contribution in [2.45, 2.75) is 39.3 Å². The molecule has 1 heterocycles. The molecule has 0 fully saturated rings. The maximum atomic E-state index is 12.4. The Morgan fingerprint density at radius 3 is 2.33 bits per heavy atom. The summed E-state index contributed by atoms with van der Waals surface area (Å²) in [5.74, 6) is -0.164. The molecular weight excluding hydrogens is 230 g/mol. The number of hydrogen-bond donors (Lipinski definition) is 1. The first-order chi connectivity index (χ1) is 8.19. The highest BCUT2D eigenvalue weighted by molar-refractivity contribution is 6.01. The summed E-state index contributed by atoms with van der Waals surface area (Å²) in [6.07, 6.45) is -0.883. The summed E-state index contributed by atoms with van der Waals surface area (Å²) in [7, 11) is 0. The van der Waals surface area contributed by atoms with E-state index in [0.29, 0.717) is 5.56 Å². The van der Waals surface area contributed by atoms with Crippen molar-refractivity contribution in [1.82, 2.24) is 0 Å². The fourth-order valence-corrected chi connectivity index (χ4v) is 2.28. The molecule has 4 nitrogen and oxygen atoms in total. The van der Waals surface area contributed by atoms with Crippen LogP contribution in [0.25, 0.3) is 0 Å². The van der Waals surface area contributed by atoms with E-state index in [2.05, 4.69) is 0 Å². The van der Waals surface area contributed by atoms with Gasteiger partial charge in [-0.3, -0.25) is 0 Å². The van der Waals surface area contributed by atoms with Crippen LogP contribution in [0, 0.1) is 5.41 Å². The van der Waals surface area contributed by atoms with Gasteiger partial charge in [-0.15, -0.1) is 5.75 Å². The van der Waals surface area contributed by atoms with E-state index in [0.717, 1.165) is 4.74 Å². The Balaban J connectivity index is 2.61. The van der Waals surface area contributed by atoms with Crippen molar-refractivity contribution in [3.63, 3.8) is 0 Å². The highest BCUT2D eigenvalue weighted by atomic mass is 16.5. The maximum absolute atomic E-state index is 12.4. The van der Waals surface area contributed by atoms with Crippen LogP contribution in [0.5, 0.6) is 5.75 Å². The number of rotatable bonds is 1. The van der Waals surface area contributed by atoms with E-state index >= 15 is 0 Å². The van der Waals surface area contributed by atoms with E-state index in [-0.39, 0.29) is 11.5 Å². The summed E-state index contributed by atoms with van der Waals surface area (Å²) in [4.78, 5) is 0. The Labute approximate surface area is 107 Å². The lowest BCUT2D eigenvalue weighted by atomic mass is 9.72. The maximum Gasteiger partial charge on any atom is 0.269 e. The third-order valence-corrected chi connectivity index (χ3v) is 4.38. The van der Waals surface area contributed by atoms with Crippen molar-refractivity contribution in [3.8, 4) is 5.75 Å². The Bertz CT molecular complexity index is 518. The van der Waals surface area contributed by atoms with Crippen LogP contribution < -0.4 is 5.11 Å². The highest BCUT2D eigenvalue weighted by Gasteiger charge is 2.63. The molecular formula is C14H18NO3. The zero-order chi connectivity index (χ0) is 13.7. The van der Waals surface area contributed by atoms with Crippen molar-refractivity contribution in [2.24, 2.45) is 5.41 Å². The predicted octanol–water partition coefficient (Wildman–Crippen LogP) is 1.09. The van der Waals surface area contributed by atoms with E-state index in [1.54, 1.807) is 26.0 Å². The highest BCUT2D eigenvalue weighted by Crippen LogP contribution is 2.43. The van der Waals surface area contributed by atoms with Crippen molar-refractivity contribution in [2.75, 3.05) is 0 Å². The van der Waals surface area contributed by atoms with Gasteiger partial charge in [0.15, 0.2) is 6.10 Å². The van der Waals surface area contributed by atoms with Crippen LogP contribution in [0.4, 0.5) is 0 Å². The Kier molecular flexibility index (Phi) is 2.66. The summed E-state index contributed by atoms with van der Waals surface area (Å²) in [6.45, 7) is 7.32. The Morgan fingerprint density at radius 1 is 1.28 bits per heavy atom. The third-order valence-electron chi connectivity index (χ3n) is 4.38. The van der Waals surface area contributed by atoms with Gasteiger partial charge in [0.05, 0.1) is 5.41 Å². The molecule has 0 saturated carbocycles. The van der Waals surface area contributed by atoms with Crippen LogP contribution in [0.1, 0.15) is 33.3 Å². The molecule has 4 heteroatoms. The molecule has 0 bridgehead atoms. The van der Waals surface area contributed by atoms with Crippen molar-refractivity contribution < 1.29 is 20.2 Å². The van der Waals surface area contributed by atoms with Crippen LogP contribution in [-0.2, 0) is 5.21 Å². The van der Waals surface area contributed by atoms with Gasteiger partial charge in [0.1, 0.15) is 0 Å². The van der Waals surface area contributed by atoms with Crippen molar-refractivity contribution in [3.05, 3.63) is 29.8 Å². The molecule has 97 valence electrons. The average molecular weight is 248 g/mol. The Hall–Kier alpha value is -1.55. The van der Waals surface area contributed by atoms with Gasteiger partial charge in [0.2, 0.25) is 5.54 Å². The van der Waals surface area contributed by atoms with E-state index in [4.69, 9.17) is 0 Å². The number of aliphatic hydroxyl groups excluding tert-OH is 1. The standard InChI is InChI=1S/C14H19NO3/c1-13(2)12(17)11(15(18)14(13,3)4)9-6-5-7-10(16)8-9/h5-8,12,16-17H,1-4H3/q+1/p-1. The Morgan fingerprint density at radius 2 is 1.89 bits per heavy atom. The lowest BCUT2D eigenvalue weighted by molar-refractivity contribution is -0.857. The molecule has 1 aliphatic rings. The van der Waals surface area contributed by atoms with Gasteiger partial charge in [-0.05, 0) is 19.9 Å². The number of hydrogen-bond acceptors (Lipinski definition) is 2. The molecule has 1 aromatic carbocycles. The predicted molar refractivity (Wildman–Crippen MR) is 64.8 cm³/mol. The van der Waals surface area contributed by atoms with E-state index in [1.807, 2.05) is 13.8 Å². The molecule has 0 spiro atoms. The molecule has 1 radical (unpaired) electrons. The summed E-state index contributed by atoms with van der Waals surface area (Å²) in [5.41, 5.74) is -0.518. The number of benzene rings is 1. The van der Waals surface area contributed by atoms with Gasteiger partial charge in [-0.2, -0.15) is 0 Å². The molecule has 0 aromatic heterocycles. The first kappa shape index (κ1) is 12.9. The number of hydroxylamine groups is 1. The molecule has 1 atom stereocenters. The molecule has 18 heavy (non-hydrogen) atoms. The minimum Gasteiger partial charge on any atom is -0.872 e. The van der Waals surface area contributed by atoms with Gasteiger partial charge in [0.25, 0.3) is 5.71 Å². The topological polar surface area (TPSA) is 66.2 Å². The normalized spacial score (nSPS) is 25.5. The molecule has 2 rings (SSSR count). The largest absolute Gasteiger partial charge is 0.872 e. The zero-order valence-corrected chi connectivity index (χ0v) is 11.1. The SMILES string of the molecule is CC1(C)C(O)C(c2cccc([O-])c2)=[N+]([O])C1(C)C. The van der Waals surface area contributed by atoms with Gasteiger partial charge < -0.3 is 10.2 Å². The minimum atomic E-state index is -0.883. The zero-order valence-electron chi connectivity index (χ0n) is 11.1. The van der Waals surface area contributed by atoms with Gasteiger partial charge in [-0.25, -0.2) is 0 Å². The first-order valence-electron chi connectivity index (χ1n) is 5.99. The molecule has 1 aliphatic heterocycles. The van der Waals surface area contributed by atoms with Crippen LogP contribution in [0.2, 0.25) is 0 Å². The van der Waals surface area contributed by atoms with Crippen LogP contribution in [-0.4, -0.2) is 27.2 Å². The second kappa shape index (κ2) is 3.72. The minimum absolute atomic E-state index is 0.164. The van der Waals surface area contributed by atoms with Crippen LogP contribution in [0.3, 0.4) is 0 Å². The summed E-state index contributed by atoms with van der Waals surface area (Å²) >= 11 is 0. The number of aliphatic hydroxyl groups is 1. The molecule has 1 aromatic rings. The molecule has 0 amide bonds. The second-order valence-electron chi connectivity index (χ2n) is 5.89. The fraction of sp³-hybridized carbons (Fsp3) is 0.500. The molecule has 0 aliphatic carbocycles. The van der Waals surface area contributed by atoms with E-state index < -0.39 is 17.1 Å². The summed E-state index contributed by atoms with van der Waals surface area (Å²) in [5, 5.41) is 34.1. The second-order valence-corrected chi connectivity index (χ2v) is 5.89. The monoisotopic (exact) mass is 248 g/mol. The van der Waals surface area contributed by atoms with Gasteiger partial charge >= 0.3 is 0 Å². The molecule has 1 N–H and O–H groups in total. The van der Waals surface area contributed by atoms with Gasteiger partial charge in [0, 0.05) is 29.4 Å². The molecule has 1 unspecified atom stereocenters. The lowest BCUT2D eigenvalue weighted by Crippen LogP contribution is -2.46. The summed E-state index contributed by atoms with van der Waals surface area (Å²) < 4.78 is 0.840. The third kappa shape index (κ3) is 1.52. The van der Waals surface area contributed by atoms with Crippen molar-refractivity contribution in [1.29, 1.82) is 0 Å². The van der Waals surface area contributed by atoms with Crippen LogP contribution in [0.15, 0.2) is 24.3 Å². The first-order valence-corrected chi connectivity index (χ1v) is 5.99. The van der Waals surface area contributed by atoms with Crippen LogP contribution >= 0.6 is 0 Å². The van der Waals surface area contributed by atoms with E-state index in [9.17, 15) is 15.4 Å². The average Bonchev–Trinajstić information content (AvgIpc) is 2.38. The lowest BCUT2D eigenvalue weighted by Gasteiger charge is -2.28.